The van der Waals surface area contributed by atoms with Gasteiger partial charge in [0.25, 0.3) is 0 Å². The molecule has 4 aliphatic carbocycles. The first-order chi connectivity index (χ1) is 7.11. The van der Waals surface area contributed by atoms with Gasteiger partial charge in [0.15, 0.2) is 0 Å². The second-order valence-corrected chi connectivity index (χ2v) is 4.83. The van der Waals surface area contributed by atoms with Crippen LogP contribution in [0.4, 0.5) is 0 Å². The molecule has 0 aromatic carbocycles. The van der Waals surface area contributed by atoms with E-state index in [9.17, 15) is 9.59 Å². The van der Waals surface area contributed by atoms with Crippen LogP contribution in [-0.2, 0) is 9.59 Å². The molecule has 15 heavy (non-hydrogen) atoms. The normalized spacial score (nSPS) is 49.9. The molecule has 4 heteroatoms. The van der Waals surface area contributed by atoms with Crippen molar-refractivity contribution >= 4 is 11.9 Å². The maximum atomic E-state index is 11.1. The van der Waals surface area contributed by atoms with Crippen LogP contribution in [0.5, 0.6) is 0 Å². The monoisotopic (exact) mass is 208 g/mol. The molecule has 0 saturated heterocycles. The molecular weight excluding hydrogens is 196 g/mol. The fourth-order valence-corrected chi connectivity index (χ4v) is 3.55. The van der Waals surface area contributed by atoms with E-state index in [0.29, 0.717) is 11.8 Å². The van der Waals surface area contributed by atoms with E-state index in [4.69, 9.17) is 10.2 Å². The van der Waals surface area contributed by atoms with E-state index in [1.165, 1.54) is 0 Å². The highest BCUT2D eigenvalue weighted by Crippen LogP contribution is 2.63. The Labute approximate surface area is 86.6 Å². The smallest absolute Gasteiger partial charge is 0.308 e. The molecular formula is C11H12O4. The number of carbonyl (C=O) groups is 2. The maximum Gasteiger partial charge on any atom is 0.308 e. The van der Waals surface area contributed by atoms with Gasteiger partial charge < -0.3 is 10.2 Å². The van der Waals surface area contributed by atoms with Crippen molar-refractivity contribution in [2.24, 2.45) is 35.5 Å². The lowest BCUT2D eigenvalue weighted by Gasteiger charge is -2.40. The Balaban J connectivity index is 2.02. The minimum Gasteiger partial charge on any atom is -0.481 e. The minimum absolute atomic E-state index is 0.0430. The number of fused-ring (bicyclic) bond motifs is 1. The van der Waals surface area contributed by atoms with E-state index in [0.717, 1.165) is 6.42 Å². The average molecular weight is 208 g/mol. The SMILES string of the molecule is O=C(O)C1C(C(=O)O)[C@@H]2C=C[C@H]1[C@H]1C[C@H]12. The second-order valence-electron chi connectivity index (χ2n) is 4.83. The van der Waals surface area contributed by atoms with Crippen LogP contribution in [0.2, 0.25) is 0 Å². The van der Waals surface area contributed by atoms with Crippen LogP contribution < -0.4 is 0 Å². The molecule has 2 fully saturated rings. The highest BCUT2D eigenvalue weighted by Gasteiger charge is 2.63. The average Bonchev–Trinajstić information content (AvgIpc) is 2.96. The third-order valence-corrected chi connectivity index (χ3v) is 4.22. The molecule has 0 aromatic rings. The first kappa shape index (κ1) is 8.95. The lowest BCUT2D eigenvalue weighted by atomic mass is 9.62. The lowest BCUT2D eigenvalue weighted by molar-refractivity contribution is -0.160. The Kier molecular flexibility index (Phi) is 1.56. The van der Waals surface area contributed by atoms with Gasteiger partial charge in [-0.3, -0.25) is 9.59 Å². The lowest BCUT2D eigenvalue weighted by Crippen LogP contribution is -2.46. The van der Waals surface area contributed by atoms with Gasteiger partial charge in [0.1, 0.15) is 0 Å². The quantitative estimate of drug-likeness (QED) is 0.659. The molecule has 0 aliphatic heterocycles. The zero-order valence-electron chi connectivity index (χ0n) is 8.04. The van der Waals surface area contributed by atoms with Crippen molar-refractivity contribution in [2.75, 3.05) is 0 Å². The largest absolute Gasteiger partial charge is 0.481 e. The number of hydrogen-bond acceptors (Lipinski definition) is 2. The van der Waals surface area contributed by atoms with Gasteiger partial charge in [-0.05, 0) is 30.1 Å². The van der Waals surface area contributed by atoms with Gasteiger partial charge >= 0.3 is 11.9 Å². The Hall–Kier alpha value is -1.32. The third-order valence-electron chi connectivity index (χ3n) is 4.22. The zero-order valence-corrected chi connectivity index (χ0v) is 8.04. The number of allylic oxidation sites excluding steroid dienone is 2. The van der Waals surface area contributed by atoms with Crippen molar-refractivity contribution in [3.05, 3.63) is 12.2 Å². The summed E-state index contributed by atoms with van der Waals surface area (Å²) >= 11 is 0. The summed E-state index contributed by atoms with van der Waals surface area (Å²) in [6.07, 6.45) is 4.87. The van der Waals surface area contributed by atoms with Crippen LogP contribution >= 0.6 is 0 Å². The predicted octanol–water partition coefficient (Wildman–Crippen LogP) is 0.840. The molecule has 0 heterocycles. The molecule has 4 aliphatic rings. The summed E-state index contributed by atoms with van der Waals surface area (Å²) in [5.74, 6) is -2.52. The van der Waals surface area contributed by atoms with Crippen molar-refractivity contribution in [3.8, 4) is 0 Å². The maximum absolute atomic E-state index is 11.1. The number of hydrogen-bond donors (Lipinski definition) is 2. The Morgan fingerprint density at radius 3 is 1.67 bits per heavy atom. The molecule has 0 radical (unpaired) electrons. The van der Waals surface area contributed by atoms with Gasteiger partial charge in [0, 0.05) is 0 Å². The van der Waals surface area contributed by atoms with E-state index < -0.39 is 23.8 Å². The summed E-state index contributed by atoms with van der Waals surface area (Å²) in [5, 5.41) is 18.2. The summed E-state index contributed by atoms with van der Waals surface area (Å²) in [4.78, 5) is 22.3. The third kappa shape index (κ3) is 1.02. The van der Waals surface area contributed by atoms with Gasteiger partial charge in [0.2, 0.25) is 0 Å². The van der Waals surface area contributed by atoms with Gasteiger partial charge in [-0.25, -0.2) is 0 Å². The number of aliphatic carboxylic acids is 2. The van der Waals surface area contributed by atoms with Crippen molar-refractivity contribution in [1.29, 1.82) is 0 Å². The molecule has 80 valence electrons. The highest BCUT2D eigenvalue weighted by molar-refractivity contribution is 5.82. The molecule has 2 bridgehead atoms. The number of carboxylic acids is 2. The van der Waals surface area contributed by atoms with Crippen LogP contribution in [0.1, 0.15) is 6.42 Å². The van der Waals surface area contributed by atoms with Gasteiger partial charge in [0.05, 0.1) is 11.8 Å². The molecule has 6 atom stereocenters. The van der Waals surface area contributed by atoms with Crippen LogP contribution in [-0.4, -0.2) is 22.2 Å². The first-order valence-corrected chi connectivity index (χ1v) is 5.25. The van der Waals surface area contributed by atoms with E-state index in [1.54, 1.807) is 0 Å². The van der Waals surface area contributed by atoms with E-state index >= 15 is 0 Å². The fourth-order valence-electron chi connectivity index (χ4n) is 3.55. The highest BCUT2D eigenvalue weighted by atomic mass is 16.4. The van der Waals surface area contributed by atoms with E-state index in [-0.39, 0.29) is 11.8 Å². The summed E-state index contributed by atoms with van der Waals surface area (Å²) < 4.78 is 0. The standard InChI is InChI=1S/C11H12O4/c12-10(13)8-4-1-2-5(7-3-6(4)7)9(8)11(14)15/h1-2,4-9H,3H2,(H,12,13)(H,14,15)/t4-,5+,6+,7-,8?,9?. The molecule has 0 spiro atoms. The first-order valence-electron chi connectivity index (χ1n) is 5.25. The van der Waals surface area contributed by atoms with Crippen LogP contribution in [0, 0.1) is 35.5 Å². The summed E-state index contributed by atoms with van der Waals surface area (Å²) in [6, 6.07) is 0. The Bertz CT molecular complexity index is 339. The van der Waals surface area contributed by atoms with Gasteiger partial charge in [-0.1, -0.05) is 12.2 Å². The van der Waals surface area contributed by atoms with Crippen LogP contribution in [0.25, 0.3) is 0 Å². The molecule has 2 saturated carbocycles. The molecule has 2 unspecified atom stereocenters. The molecule has 2 N–H and O–H groups in total. The zero-order chi connectivity index (χ0) is 10.7. The van der Waals surface area contributed by atoms with Crippen LogP contribution in [0.3, 0.4) is 0 Å². The molecule has 0 aromatic heterocycles. The molecule has 4 rings (SSSR count). The number of rotatable bonds is 2. The van der Waals surface area contributed by atoms with Gasteiger partial charge in [-0.15, -0.1) is 0 Å². The second kappa shape index (κ2) is 2.62. The van der Waals surface area contributed by atoms with Crippen molar-refractivity contribution in [2.45, 2.75) is 6.42 Å². The Morgan fingerprint density at radius 1 is 0.933 bits per heavy atom. The van der Waals surface area contributed by atoms with Crippen molar-refractivity contribution < 1.29 is 19.8 Å². The van der Waals surface area contributed by atoms with Crippen molar-refractivity contribution in [3.63, 3.8) is 0 Å². The van der Waals surface area contributed by atoms with E-state index in [1.807, 2.05) is 12.2 Å². The topological polar surface area (TPSA) is 74.6 Å². The predicted molar refractivity (Wildman–Crippen MR) is 50.0 cm³/mol. The van der Waals surface area contributed by atoms with Crippen molar-refractivity contribution in [1.82, 2.24) is 0 Å². The van der Waals surface area contributed by atoms with E-state index in [2.05, 4.69) is 0 Å². The summed E-state index contributed by atoms with van der Waals surface area (Å²) in [6.45, 7) is 0. The summed E-state index contributed by atoms with van der Waals surface area (Å²) in [5.41, 5.74) is 0. The fraction of sp³-hybridized carbons (Fsp3) is 0.636. The Morgan fingerprint density at radius 2 is 1.33 bits per heavy atom. The molecule has 4 nitrogen and oxygen atoms in total. The van der Waals surface area contributed by atoms with Crippen LogP contribution in [0.15, 0.2) is 12.2 Å². The summed E-state index contributed by atoms with van der Waals surface area (Å²) in [7, 11) is 0. The molecule has 0 amide bonds. The minimum atomic E-state index is -0.952. The van der Waals surface area contributed by atoms with Gasteiger partial charge in [-0.2, -0.15) is 0 Å². The number of carboxylic acid groups (broad SMARTS) is 2.